The van der Waals surface area contributed by atoms with Crippen LogP contribution >= 0.6 is 0 Å². The van der Waals surface area contributed by atoms with E-state index < -0.39 is 12.1 Å². The van der Waals surface area contributed by atoms with E-state index in [-0.39, 0.29) is 6.04 Å². The van der Waals surface area contributed by atoms with Crippen molar-refractivity contribution in [2.45, 2.75) is 25.3 Å². The first kappa shape index (κ1) is 13.3. The third-order valence-electron chi connectivity index (χ3n) is 2.71. The van der Waals surface area contributed by atoms with Crippen molar-refractivity contribution in [2.24, 2.45) is 0 Å². The molecule has 0 saturated carbocycles. The molecule has 5 nitrogen and oxygen atoms in total. The molecular weight excluding hydrogens is 222 g/mol. The summed E-state index contributed by atoms with van der Waals surface area (Å²) in [4.78, 5) is 24.4. The molecule has 1 amide bonds. The number of hydrogen-bond donors (Lipinski definition) is 0. The number of ether oxygens (including phenoxy) is 2. The third kappa shape index (κ3) is 3.09. The fraction of sp³-hybridized carbons (Fsp3) is 0.500. The normalized spacial score (nSPS) is 19.3. The van der Waals surface area contributed by atoms with Crippen molar-refractivity contribution < 1.29 is 19.1 Å². The Hall–Kier alpha value is -1.78. The molecule has 0 aliphatic carbocycles. The summed E-state index contributed by atoms with van der Waals surface area (Å²) >= 11 is 0. The van der Waals surface area contributed by atoms with E-state index in [1.165, 1.54) is 25.3 Å². The molecular formula is C12H17NO4. The molecule has 0 bridgehead atoms. The SMILES string of the molecule is C=CC[C@@H]1CCC(C(=O)OC)=CN1C(=O)OC. The molecule has 1 rings (SSSR count). The highest BCUT2D eigenvalue weighted by atomic mass is 16.5. The molecule has 5 heteroatoms. The highest BCUT2D eigenvalue weighted by molar-refractivity contribution is 5.89. The first-order valence-electron chi connectivity index (χ1n) is 5.40. The fourth-order valence-corrected chi connectivity index (χ4v) is 1.82. The molecule has 0 spiro atoms. The lowest BCUT2D eigenvalue weighted by Crippen LogP contribution is -2.39. The van der Waals surface area contributed by atoms with Crippen LogP contribution in [-0.2, 0) is 14.3 Å². The van der Waals surface area contributed by atoms with Crippen LogP contribution in [0.5, 0.6) is 0 Å². The number of rotatable bonds is 3. The predicted molar refractivity (Wildman–Crippen MR) is 62.2 cm³/mol. The Morgan fingerprint density at radius 2 is 2.24 bits per heavy atom. The van der Waals surface area contributed by atoms with Gasteiger partial charge in [-0.3, -0.25) is 4.90 Å². The zero-order valence-corrected chi connectivity index (χ0v) is 10.1. The second-order valence-corrected chi connectivity index (χ2v) is 3.74. The van der Waals surface area contributed by atoms with Gasteiger partial charge in [0.05, 0.1) is 19.8 Å². The lowest BCUT2D eigenvalue weighted by atomic mass is 9.98. The summed E-state index contributed by atoms with van der Waals surface area (Å²) in [6, 6.07) is -0.00615. The van der Waals surface area contributed by atoms with Crippen molar-refractivity contribution in [1.82, 2.24) is 4.90 Å². The molecule has 1 heterocycles. The van der Waals surface area contributed by atoms with Crippen LogP contribution < -0.4 is 0 Å². The van der Waals surface area contributed by atoms with E-state index in [1.54, 1.807) is 6.08 Å². The molecule has 0 saturated heterocycles. The summed E-state index contributed by atoms with van der Waals surface area (Å²) in [5, 5.41) is 0. The fourth-order valence-electron chi connectivity index (χ4n) is 1.82. The highest BCUT2D eigenvalue weighted by Gasteiger charge is 2.28. The molecule has 0 fully saturated rings. The van der Waals surface area contributed by atoms with Crippen molar-refractivity contribution in [3.8, 4) is 0 Å². The molecule has 1 aliphatic heterocycles. The average molecular weight is 239 g/mol. The third-order valence-corrected chi connectivity index (χ3v) is 2.71. The van der Waals surface area contributed by atoms with Gasteiger partial charge in [0.15, 0.2) is 0 Å². The van der Waals surface area contributed by atoms with E-state index in [1.807, 2.05) is 0 Å². The number of esters is 1. The summed E-state index contributed by atoms with van der Waals surface area (Å²) in [7, 11) is 2.63. The molecule has 0 aromatic carbocycles. The summed E-state index contributed by atoms with van der Waals surface area (Å²) in [5.41, 5.74) is 0.484. The van der Waals surface area contributed by atoms with Gasteiger partial charge in [-0.1, -0.05) is 6.08 Å². The Balaban J connectivity index is 2.91. The van der Waals surface area contributed by atoms with Crippen LogP contribution in [0.25, 0.3) is 0 Å². The Kier molecular flexibility index (Phi) is 4.75. The summed E-state index contributed by atoms with van der Waals surface area (Å²) in [6.45, 7) is 3.65. The van der Waals surface area contributed by atoms with Gasteiger partial charge >= 0.3 is 12.1 Å². The lowest BCUT2D eigenvalue weighted by Gasteiger charge is -2.31. The van der Waals surface area contributed by atoms with Gasteiger partial charge in [-0.05, 0) is 19.3 Å². The standard InChI is InChI=1S/C12H17NO4/c1-4-5-10-7-6-9(11(14)16-2)8-13(10)12(15)17-3/h4,8,10H,1,5-7H2,2-3H3/t10-/m1/s1. The Bertz CT molecular complexity index is 348. The monoisotopic (exact) mass is 239 g/mol. The summed E-state index contributed by atoms with van der Waals surface area (Å²) < 4.78 is 9.32. The second-order valence-electron chi connectivity index (χ2n) is 3.74. The molecule has 1 atom stereocenters. The number of carbonyl (C=O) groups excluding carboxylic acids is 2. The van der Waals surface area contributed by atoms with Crippen molar-refractivity contribution in [1.29, 1.82) is 0 Å². The molecule has 0 aromatic rings. The first-order chi connectivity index (χ1) is 8.13. The quantitative estimate of drug-likeness (QED) is 0.557. The van der Waals surface area contributed by atoms with Gasteiger partial charge < -0.3 is 9.47 Å². The van der Waals surface area contributed by atoms with Gasteiger partial charge in [0, 0.05) is 12.2 Å². The largest absolute Gasteiger partial charge is 0.466 e. The first-order valence-corrected chi connectivity index (χ1v) is 5.40. The molecule has 0 aromatic heterocycles. The second kappa shape index (κ2) is 6.08. The summed E-state index contributed by atoms with van der Waals surface area (Å²) in [5.74, 6) is -0.407. The maximum Gasteiger partial charge on any atom is 0.413 e. The Labute approximate surface area is 101 Å². The molecule has 17 heavy (non-hydrogen) atoms. The van der Waals surface area contributed by atoms with E-state index in [4.69, 9.17) is 0 Å². The zero-order valence-electron chi connectivity index (χ0n) is 10.1. The van der Waals surface area contributed by atoms with E-state index in [0.29, 0.717) is 24.8 Å². The van der Waals surface area contributed by atoms with Crippen molar-refractivity contribution in [3.63, 3.8) is 0 Å². The summed E-state index contributed by atoms with van der Waals surface area (Å²) in [6.07, 6.45) is 4.74. The van der Waals surface area contributed by atoms with Crippen LogP contribution in [0.4, 0.5) is 4.79 Å². The van der Waals surface area contributed by atoms with Crippen LogP contribution in [0.2, 0.25) is 0 Å². The number of nitrogens with zero attached hydrogens (tertiary/aromatic N) is 1. The minimum atomic E-state index is -0.474. The van der Waals surface area contributed by atoms with Crippen LogP contribution in [-0.4, -0.2) is 37.2 Å². The highest BCUT2D eigenvalue weighted by Crippen LogP contribution is 2.24. The Morgan fingerprint density at radius 1 is 1.53 bits per heavy atom. The smallest absolute Gasteiger partial charge is 0.413 e. The van der Waals surface area contributed by atoms with E-state index in [0.717, 1.165) is 0 Å². The minimum Gasteiger partial charge on any atom is -0.466 e. The van der Waals surface area contributed by atoms with Gasteiger partial charge in [-0.25, -0.2) is 9.59 Å². The van der Waals surface area contributed by atoms with E-state index in [9.17, 15) is 9.59 Å². The molecule has 0 unspecified atom stereocenters. The maximum atomic E-state index is 11.6. The van der Waals surface area contributed by atoms with Crippen molar-refractivity contribution >= 4 is 12.1 Å². The van der Waals surface area contributed by atoms with Gasteiger partial charge in [-0.2, -0.15) is 0 Å². The lowest BCUT2D eigenvalue weighted by molar-refractivity contribution is -0.136. The molecule has 0 N–H and O–H groups in total. The zero-order chi connectivity index (χ0) is 12.8. The van der Waals surface area contributed by atoms with Crippen molar-refractivity contribution in [3.05, 3.63) is 24.4 Å². The number of amides is 1. The van der Waals surface area contributed by atoms with Crippen LogP contribution in [0.15, 0.2) is 24.4 Å². The van der Waals surface area contributed by atoms with Gasteiger partial charge in [0.1, 0.15) is 0 Å². The minimum absolute atomic E-state index is 0.00615. The molecule has 94 valence electrons. The molecule has 0 radical (unpaired) electrons. The maximum absolute atomic E-state index is 11.6. The van der Waals surface area contributed by atoms with Gasteiger partial charge in [-0.15, -0.1) is 6.58 Å². The number of hydrogen-bond acceptors (Lipinski definition) is 4. The van der Waals surface area contributed by atoms with Crippen LogP contribution in [0.3, 0.4) is 0 Å². The Morgan fingerprint density at radius 3 is 2.76 bits per heavy atom. The average Bonchev–Trinajstić information content (AvgIpc) is 2.37. The topological polar surface area (TPSA) is 55.8 Å². The van der Waals surface area contributed by atoms with Gasteiger partial charge in [0.2, 0.25) is 0 Å². The van der Waals surface area contributed by atoms with Gasteiger partial charge in [0.25, 0.3) is 0 Å². The van der Waals surface area contributed by atoms with Crippen LogP contribution in [0, 0.1) is 0 Å². The van der Waals surface area contributed by atoms with E-state index >= 15 is 0 Å². The van der Waals surface area contributed by atoms with Crippen LogP contribution in [0.1, 0.15) is 19.3 Å². The van der Waals surface area contributed by atoms with E-state index in [2.05, 4.69) is 16.1 Å². The number of carbonyl (C=O) groups is 2. The van der Waals surface area contributed by atoms with Crippen molar-refractivity contribution in [2.75, 3.05) is 14.2 Å². The number of methoxy groups -OCH3 is 2. The predicted octanol–water partition coefficient (Wildman–Crippen LogP) is 1.85. The molecule has 1 aliphatic rings.